The molecule has 1 aromatic rings. The standard InChI is InChI=1S/C17H25NO4S/c1-12(11-21-2)18(15(19)13-7-5-4-6-8-13)16-14(9-10-23-16)17(20)22-3/h9-10,12-13H,4-8,11H2,1-3H3. The predicted octanol–water partition coefficient (Wildman–Crippen LogP) is 3.48. The minimum atomic E-state index is -0.410. The van der Waals surface area contributed by atoms with E-state index >= 15 is 0 Å². The van der Waals surface area contributed by atoms with Crippen molar-refractivity contribution in [1.82, 2.24) is 0 Å². The Morgan fingerprint density at radius 1 is 1.30 bits per heavy atom. The molecule has 1 aromatic heterocycles. The molecule has 0 N–H and O–H groups in total. The van der Waals surface area contributed by atoms with Gasteiger partial charge < -0.3 is 9.47 Å². The lowest BCUT2D eigenvalue weighted by Gasteiger charge is -2.33. The molecule has 5 nitrogen and oxygen atoms in total. The van der Waals surface area contributed by atoms with Gasteiger partial charge in [-0.2, -0.15) is 0 Å². The van der Waals surface area contributed by atoms with E-state index in [0.29, 0.717) is 17.2 Å². The lowest BCUT2D eigenvalue weighted by Crippen LogP contribution is -2.45. The van der Waals surface area contributed by atoms with E-state index in [-0.39, 0.29) is 17.9 Å². The molecule has 1 aliphatic carbocycles. The van der Waals surface area contributed by atoms with Crippen molar-refractivity contribution in [3.8, 4) is 0 Å². The lowest BCUT2D eigenvalue weighted by atomic mass is 9.88. The van der Waals surface area contributed by atoms with E-state index < -0.39 is 5.97 Å². The Kier molecular flexibility index (Phi) is 6.59. The molecule has 1 unspecified atom stereocenters. The van der Waals surface area contributed by atoms with E-state index in [1.165, 1.54) is 24.9 Å². The van der Waals surface area contributed by atoms with Crippen molar-refractivity contribution in [3.05, 3.63) is 17.0 Å². The first-order valence-corrected chi connectivity index (χ1v) is 8.96. The van der Waals surface area contributed by atoms with Crippen molar-refractivity contribution >= 4 is 28.2 Å². The monoisotopic (exact) mass is 339 g/mol. The van der Waals surface area contributed by atoms with Gasteiger partial charge >= 0.3 is 5.97 Å². The van der Waals surface area contributed by atoms with Crippen LogP contribution in [0.4, 0.5) is 5.00 Å². The van der Waals surface area contributed by atoms with E-state index in [0.717, 1.165) is 25.7 Å². The first-order valence-electron chi connectivity index (χ1n) is 8.08. The molecule has 128 valence electrons. The number of carbonyl (C=O) groups is 2. The molecule has 1 amide bonds. The molecule has 1 atom stereocenters. The summed E-state index contributed by atoms with van der Waals surface area (Å²) in [5, 5.41) is 2.49. The van der Waals surface area contributed by atoms with E-state index in [4.69, 9.17) is 9.47 Å². The number of ether oxygens (including phenoxy) is 2. The van der Waals surface area contributed by atoms with Gasteiger partial charge in [0.15, 0.2) is 0 Å². The quantitative estimate of drug-likeness (QED) is 0.745. The Hall–Kier alpha value is -1.40. The number of esters is 1. The molecule has 0 spiro atoms. The summed E-state index contributed by atoms with van der Waals surface area (Å²) >= 11 is 1.40. The number of amides is 1. The average Bonchev–Trinajstić information content (AvgIpc) is 3.04. The number of nitrogens with zero attached hydrogens (tertiary/aromatic N) is 1. The number of hydrogen-bond acceptors (Lipinski definition) is 5. The van der Waals surface area contributed by atoms with Gasteiger partial charge in [-0.1, -0.05) is 19.3 Å². The third-order valence-corrected chi connectivity index (χ3v) is 5.22. The first-order chi connectivity index (χ1) is 11.1. The van der Waals surface area contributed by atoms with E-state index in [2.05, 4.69) is 0 Å². The SMILES string of the molecule is COCC(C)N(C(=O)C1CCCCC1)c1sccc1C(=O)OC. The van der Waals surface area contributed by atoms with Gasteiger partial charge in [0, 0.05) is 13.0 Å². The van der Waals surface area contributed by atoms with Gasteiger partial charge in [-0.25, -0.2) is 4.79 Å². The Morgan fingerprint density at radius 2 is 2.00 bits per heavy atom. The molecule has 1 saturated carbocycles. The zero-order chi connectivity index (χ0) is 16.8. The Labute approximate surface area is 141 Å². The van der Waals surface area contributed by atoms with Crippen LogP contribution in [0.3, 0.4) is 0 Å². The second kappa shape index (κ2) is 8.45. The highest BCUT2D eigenvalue weighted by atomic mass is 32.1. The second-order valence-corrected chi connectivity index (χ2v) is 6.87. The van der Waals surface area contributed by atoms with Crippen molar-refractivity contribution in [2.75, 3.05) is 25.7 Å². The van der Waals surface area contributed by atoms with Crippen LogP contribution in [0.1, 0.15) is 49.4 Å². The summed E-state index contributed by atoms with van der Waals surface area (Å²) in [5.74, 6) is -0.273. The smallest absolute Gasteiger partial charge is 0.340 e. The van der Waals surface area contributed by atoms with Gasteiger partial charge in [-0.05, 0) is 31.2 Å². The van der Waals surface area contributed by atoms with Crippen LogP contribution < -0.4 is 4.90 Å². The summed E-state index contributed by atoms with van der Waals surface area (Å²) < 4.78 is 10.1. The third-order valence-electron chi connectivity index (χ3n) is 4.31. The molecule has 0 aromatic carbocycles. The van der Waals surface area contributed by atoms with Crippen LogP contribution in [0.5, 0.6) is 0 Å². The Morgan fingerprint density at radius 3 is 2.61 bits per heavy atom. The largest absolute Gasteiger partial charge is 0.465 e. The van der Waals surface area contributed by atoms with Crippen molar-refractivity contribution in [2.24, 2.45) is 5.92 Å². The topological polar surface area (TPSA) is 55.8 Å². The fourth-order valence-corrected chi connectivity index (χ4v) is 4.13. The molecule has 0 saturated heterocycles. The van der Waals surface area contributed by atoms with E-state index in [1.54, 1.807) is 18.1 Å². The number of rotatable bonds is 6. The molecule has 2 rings (SSSR count). The number of carbonyl (C=O) groups excluding carboxylic acids is 2. The lowest BCUT2D eigenvalue weighted by molar-refractivity contribution is -0.123. The van der Waals surface area contributed by atoms with Crippen LogP contribution in [-0.2, 0) is 14.3 Å². The minimum Gasteiger partial charge on any atom is -0.465 e. The van der Waals surface area contributed by atoms with E-state index in [1.807, 2.05) is 12.3 Å². The van der Waals surface area contributed by atoms with Crippen LogP contribution in [0.15, 0.2) is 11.4 Å². The van der Waals surface area contributed by atoms with Gasteiger partial charge in [-0.3, -0.25) is 9.69 Å². The van der Waals surface area contributed by atoms with Crippen LogP contribution in [0.25, 0.3) is 0 Å². The zero-order valence-corrected chi connectivity index (χ0v) is 14.9. The second-order valence-electron chi connectivity index (χ2n) is 5.98. The van der Waals surface area contributed by atoms with Crippen LogP contribution >= 0.6 is 11.3 Å². The maximum Gasteiger partial charge on any atom is 0.340 e. The molecule has 23 heavy (non-hydrogen) atoms. The average molecular weight is 339 g/mol. The maximum atomic E-state index is 13.1. The fourth-order valence-electron chi connectivity index (χ4n) is 3.13. The highest BCUT2D eigenvalue weighted by Crippen LogP contribution is 2.34. The minimum absolute atomic E-state index is 0.0376. The molecule has 0 bridgehead atoms. The zero-order valence-electron chi connectivity index (χ0n) is 14.0. The summed E-state index contributed by atoms with van der Waals surface area (Å²) in [7, 11) is 2.98. The third kappa shape index (κ3) is 4.12. The number of methoxy groups -OCH3 is 2. The normalized spacial score (nSPS) is 16.8. The Balaban J connectivity index is 2.32. The van der Waals surface area contributed by atoms with Gasteiger partial charge in [0.2, 0.25) is 5.91 Å². The summed E-state index contributed by atoms with van der Waals surface area (Å²) in [4.78, 5) is 26.8. The van der Waals surface area contributed by atoms with Gasteiger partial charge in [0.25, 0.3) is 0 Å². The van der Waals surface area contributed by atoms with Crippen LogP contribution in [-0.4, -0.2) is 38.7 Å². The van der Waals surface area contributed by atoms with Gasteiger partial charge in [0.1, 0.15) is 5.00 Å². The number of anilines is 1. The van der Waals surface area contributed by atoms with Gasteiger partial charge in [-0.15, -0.1) is 11.3 Å². The highest BCUT2D eigenvalue weighted by Gasteiger charge is 2.33. The maximum absolute atomic E-state index is 13.1. The van der Waals surface area contributed by atoms with Crippen molar-refractivity contribution in [1.29, 1.82) is 0 Å². The summed E-state index contributed by atoms with van der Waals surface area (Å²) in [6, 6.07) is 1.59. The molecule has 6 heteroatoms. The number of hydrogen-bond donors (Lipinski definition) is 0. The molecule has 0 radical (unpaired) electrons. The molecule has 1 aliphatic rings. The summed E-state index contributed by atoms with van der Waals surface area (Å²) in [6.07, 6.45) is 5.24. The summed E-state index contributed by atoms with van der Waals surface area (Å²) in [6.45, 7) is 2.38. The van der Waals surface area contributed by atoms with Crippen molar-refractivity contribution in [3.63, 3.8) is 0 Å². The number of thiophene rings is 1. The van der Waals surface area contributed by atoms with Crippen LogP contribution in [0, 0.1) is 5.92 Å². The highest BCUT2D eigenvalue weighted by molar-refractivity contribution is 7.14. The van der Waals surface area contributed by atoms with Crippen molar-refractivity contribution < 1.29 is 19.1 Å². The Bertz CT molecular complexity index is 536. The van der Waals surface area contributed by atoms with Crippen LogP contribution in [0.2, 0.25) is 0 Å². The van der Waals surface area contributed by atoms with Crippen molar-refractivity contribution in [2.45, 2.75) is 45.1 Å². The first kappa shape index (κ1) is 17.9. The summed E-state index contributed by atoms with van der Waals surface area (Å²) in [5.41, 5.74) is 0.449. The fraction of sp³-hybridized carbons (Fsp3) is 0.647. The molecular formula is C17H25NO4S. The molecule has 1 fully saturated rings. The predicted molar refractivity (Wildman–Crippen MR) is 91.1 cm³/mol. The molecule has 0 aliphatic heterocycles. The van der Waals surface area contributed by atoms with E-state index in [9.17, 15) is 9.59 Å². The van der Waals surface area contributed by atoms with Gasteiger partial charge in [0.05, 0.1) is 25.3 Å². The molecular weight excluding hydrogens is 314 g/mol. The molecule has 1 heterocycles.